The molecule has 0 saturated carbocycles. The Morgan fingerprint density at radius 1 is 1.00 bits per heavy atom. The zero-order chi connectivity index (χ0) is 18.9. The van der Waals surface area contributed by atoms with Gasteiger partial charge < -0.3 is 4.74 Å². The second kappa shape index (κ2) is 7.02. The Labute approximate surface area is 154 Å². The van der Waals surface area contributed by atoms with Crippen molar-refractivity contribution < 1.29 is 21.6 Å². The number of para-hydroxylation sites is 1. The monoisotopic (exact) mass is 395 g/mol. The largest absolute Gasteiger partial charge is 0.457 e. The van der Waals surface area contributed by atoms with Gasteiger partial charge in [0.15, 0.2) is 9.84 Å². The first-order valence-electron chi connectivity index (χ1n) is 8.29. The molecule has 0 bridgehead atoms. The second-order valence-electron chi connectivity index (χ2n) is 6.23. The Morgan fingerprint density at radius 2 is 1.62 bits per heavy atom. The summed E-state index contributed by atoms with van der Waals surface area (Å²) in [6, 6.07) is 13.7. The molecular formula is C18H21NO5S2. The highest BCUT2D eigenvalue weighted by molar-refractivity contribution is 7.92. The van der Waals surface area contributed by atoms with Crippen molar-refractivity contribution in [2.75, 3.05) is 18.8 Å². The van der Waals surface area contributed by atoms with Gasteiger partial charge in [-0.15, -0.1) is 0 Å². The molecule has 140 valence electrons. The molecule has 0 radical (unpaired) electrons. The minimum absolute atomic E-state index is 0.0139. The average Bonchev–Trinajstić information content (AvgIpc) is 2.55. The van der Waals surface area contributed by atoms with E-state index in [1.807, 2.05) is 31.2 Å². The van der Waals surface area contributed by atoms with Gasteiger partial charge in [-0.05, 0) is 42.8 Å². The van der Waals surface area contributed by atoms with E-state index in [1.54, 1.807) is 19.1 Å². The van der Waals surface area contributed by atoms with E-state index in [9.17, 15) is 16.8 Å². The van der Waals surface area contributed by atoms with E-state index < -0.39 is 25.1 Å². The van der Waals surface area contributed by atoms with Crippen molar-refractivity contribution in [1.29, 1.82) is 0 Å². The first kappa shape index (κ1) is 18.9. The fourth-order valence-corrected chi connectivity index (χ4v) is 5.69. The highest BCUT2D eigenvalue weighted by atomic mass is 32.2. The maximum atomic E-state index is 12.6. The summed E-state index contributed by atoms with van der Waals surface area (Å²) in [6.07, 6.45) is 0. The van der Waals surface area contributed by atoms with E-state index in [0.29, 0.717) is 11.5 Å². The number of hydrogen-bond donors (Lipinski definition) is 0. The first-order valence-corrected chi connectivity index (χ1v) is 11.4. The predicted octanol–water partition coefficient (Wildman–Crippen LogP) is 2.59. The number of hydrogen-bond acceptors (Lipinski definition) is 5. The number of benzene rings is 2. The van der Waals surface area contributed by atoms with Crippen LogP contribution in [0.3, 0.4) is 0 Å². The minimum atomic E-state index is -3.69. The van der Waals surface area contributed by atoms with Gasteiger partial charge in [-0.3, -0.25) is 0 Å². The van der Waals surface area contributed by atoms with Gasteiger partial charge in [-0.25, -0.2) is 16.8 Å². The smallest absolute Gasteiger partial charge is 0.243 e. The second-order valence-corrected chi connectivity index (χ2v) is 10.7. The lowest BCUT2D eigenvalue weighted by atomic mass is 10.2. The Balaban J connectivity index is 1.71. The van der Waals surface area contributed by atoms with Gasteiger partial charge in [0.05, 0.1) is 10.1 Å². The topological polar surface area (TPSA) is 80.8 Å². The lowest BCUT2D eigenvalue weighted by Crippen LogP contribution is -2.56. The molecule has 1 aliphatic rings. The fourth-order valence-electron chi connectivity index (χ4n) is 2.69. The first-order chi connectivity index (χ1) is 12.2. The summed E-state index contributed by atoms with van der Waals surface area (Å²) in [5.74, 6) is 1.27. The number of nitrogens with zero attached hydrogens (tertiary/aromatic N) is 1. The summed E-state index contributed by atoms with van der Waals surface area (Å²) in [7, 11) is -6.90. The van der Waals surface area contributed by atoms with E-state index in [4.69, 9.17) is 4.74 Å². The normalized spacial score (nSPS) is 16.2. The van der Waals surface area contributed by atoms with Crippen molar-refractivity contribution in [3.05, 3.63) is 54.1 Å². The van der Waals surface area contributed by atoms with Crippen molar-refractivity contribution in [3.8, 4) is 11.5 Å². The van der Waals surface area contributed by atoms with Crippen LogP contribution in [0.2, 0.25) is 0 Å². The molecule has 1 aliphatic heterocycles. The molecule has 8 heteroatoms. The molecule has 2 aromatic rings. The SMILES string of the molecule is CCS(=O)(=O)C1CN(S(=O)(=O)c2ccc(Oc3ccccc3C)cc2)C1. The average molecular weight is 396 g/mol. The quantitative estimate of drug-likeness (QED) is 0.751. The molecule has 0 aliphatic carbocycles. The van der Waals surface area contributed by atoms with Crippen LogP contribution in [0.1, 0.15) is 12.5 Å². The molecule has 0 spiro atoms. The van der Waals surface area contributed by atoms with Crippen LogP contribution in [0.15, 0.2) is 53.4 Å². The van der Waals surface area contributed by atoms with Gasteiger partial charge in [0.1, 0.15) is 11.5 Å². The standard InChI is InChI=1S/C18H21NO5S2/c1-3-25(20,21)17-12-19(13-17)26(22,23)16-10-8-15(9-11-16)24-18-7-5-4-6-14(18)2/h4-11,17H,3,12-13H2,1-2H3. The Hall–Kier alpha value is -1.90. The molecule has 0 amide bonds. The molecule has 3 rings (SSSR count). The molecular weight excluding hydrogens is 374 g/mol. The van der Waals surface area contributed by atoms with Gasteiger partial charge >= 0.3 is 0 Å². The number of sulfonamides is 1. The van der Waals surface area contributed by atoms with Crippen LogP contribution in [-0.4, -0.2) is 45.2 Å². The van der Waals surface area contributed by atoms with E-state index in [2.05, 4.69) is 0 Å². The van der Waals surface area contributed by atoms with Crippen LogP contribution in [0.4, 0.5) is 0 Å². The molecule has 0 aromatic heterocycles. The third kappa shape index (κ3) is 3.62. The third-order valence-corrected chi connectivity index (χ3v) is 8.47. The molecule has 6 nitrogen and oxygen atoms in total. The van der Waals surface area contributed by atoms with Crippen LogP contribution in [0.25, 0.3) is 0 Å². The Bertz CT molecular complexity index is 992. The van der Waals surface area contributed by atoms with Crippen LogP contribution < -0.4 is 4.74 Å². The third-order valence-electron chi connectivity index (χ3n) is 4.51. The lowest BCUT2D eigenvalue weighted by molar-refractivity contribution is 0.310. The molecule has 0 unspecified atom stereocenters. The van der Waals surface area contributed by atoms with Gasteiger partial charge in [0.2, 0.25) is 10.0 Å². The zero-order valence-electron chi connectivity index (χ0n) is 14.6. The van der Waals surface area contributed by atoms with Gasteiger partial charge in [-0.1, -0.05) is 25.1 Å². The summed E-state index contributed by atoms with van der Waals surface area (Å²) >= 11 is 0. The van der Waals surface area contributed by atoms with Crippen molar-refractivity contribution in [2.24, 2.45) is 0 Å². The van der Waals surface area contributed by atoms with Gasteiger partial charge in [0.25, 0.3) is 0 Å². The summed E-state index contributed by atoms with van der Waals surface area (Å²) in [6.45, 7) is 3.53. The molecule has 1 saturated heterocycles. The number of ether oxygens (including phenoxy) is 1. The van der Waals surface area contributed by atoms with E-state index in [1.165, 1.54) is 16.4 Å². The minimum Gasteiger partial charge on any atom is -0.457 e. The number of sulfone groups is 1. The molecule has 1 fully saturated rings. The number of aryl methyl sites for hydroxylation is 1. The van der Waals surface area contributed by atoms with Crippen molar-refractivity contribution >= 4 is 19.9 Å². The highest BCUT2D eigenvalue weighted by Crippen LogP contribution is 2.29. The zero-order valence-corrected chi connectivity index (χ0v) is 16.3. The fraction of sp³-hybridized carbons (Fsp3) is 0.333. The van der Waals surface area contributed by atoms with Crippen molar-refractivity contribution in [2.45, 2.75) is 24.0 Å². The molecule has 1 heterocycles. The van der Waals surface area contributed by atoms with E-state index >= 15 is 0 Å². The molecule has 0 atom stereocenters. The maximum absolute atomic E-state index is 12.6. The maximum Gasteiger partial charge on any atom is 0.243 e. The van der Waals surface area contributed by atoms with Crippen LogP contribution >= 0.6 is 0 Å². The summed E-state index contributed by atoms with van der Waals surface area (Å²) < 4.78 is 55.7. The Kier molecular flexibility index (Phi) is 5.09. The van der Waals surface area contributed by atoms with Crippen molar-refractivity contribution in [1.82, 2.24) is 4.31 Å². The predicted molar refractivity (Wildman–Crippen MR) is 99.7 cm³/mol. The van der Waals surface area contributed by atoms with Crippen LogP contribution in [-0.2, 0) is 19.9 Å². The lowest BCUT2D eigenvalue weighted by Gasteiger charge is -2.37. The summed E-state index contributed by atoms with van der Waals surface area (Å²) in [4.78, 5) is 0.127. The molecule has 2 aromatic carbocycles. The number of rotatable bonds is 6. The van der Waals surface area contributed by atoms with Crippen LogP contribution in [0.5, 0.6) is 11.5 Å². The van der Waals surface area contributed by atoms with Gasteiger partial charge in [0, 0.05) is 18.8 Å². The highest BCUT2D eigenvalue weighted by Gasteiger charge is 2.42. The van der Waals surface area contributed by atoms with Gasteiger partial charge in [-0.2, -0.15) is 4.31 Å². The van der Waals surface area contributed by atoms with Crippen LogP contribution in [0, 0.1) is 6.92 Å². The van der Waals surface area contributed by atoms with E-state index in [-0.39, 0.29) is 23.7 Å². The van der Waals surface area contributed by atoms with E-state index in [0.717, 1.165) is 5.56 Å². The Morgan fingerprint density at radius 3 is 2.19 bits per heavy atom. The molecule has 26 heavy (non-hydrogen) atoms. The summed E-state index contributed by atoms with van der Waals surface area (Å²) in [5.41, 5.74) is 0.980. The molecule has 0 N–H and O–H groups in total. The summed E-state index contributed by atoms with van der Waals surface area (Å²) in [5, 5.41) is -0.606. The van der Waals surface area contributed by atoms with Crippen molar-refractivity contribution in [3.63, 3.8) is 0 Å².